The summed E-state index contributed by atoms with van der Waals surface area (Å²) >= 11 is 5.93. The summed E-state index contributed by atoms with van der Waals surface area (Å²) in [4.78, 5) is 26.0. The number of amides is 1. The number of carbonyl (C=O) groups excluding carboxylic acids is 2. The zero-order chi connectivity index (χ0) is 14.2. The van der Waals surface area contributed by atoms with Crippen LogP contribution in [-0.4, -0.2) is 35.8 Å². The minimum atomic E-state index is -0.773. The number of halogens is 1. The molecule has 1 aliphatic heterocycles. The summed E-state index contributed by atoms with van der Waals surface area (Å²) < 4.78 is 5.18. The van der Waals surface area contributed by atoms with Crippen molar-refractivity contribution in [1.82, 2.24) is 4.90 Å². The Morgan fingerprint density at radius 3 is 2.63 bits per heavy atom. The standard InChI is InChI=1S/C14H16ClNO3/c1-14(2)12(17)6-7-16(14)13(18)10-8-9(15)4-5-11(10)19-3/h4-5,8H,6-7H2,1-3H3. The van der Waals surface area contributed by atoms with Gasteiger partial charge in [0.1, 0.15) is 5.75 Å². The van der Waals surface area contributed by atoms with Gasteiger partial charge in [-0.05, 0) is 32.0 Å². The van der Waals surface area contributed by atoms with Gasteiger partial charge in [0.25, 0.3) is 5.91 Å². The molecule has 0 atom stereocenters. The molecule has 1 aromatic rings. The molecule has 0 N–H and O–H groups in total. The van der Waals surface area contributed by atoms with E-state index in [0.717, 1.165) is 0 Å². The summed E-state index contributed by atoms with van der Waals surface area (Å²) in [6.45, 7) is 3.95. The lowest BCUT2D eigenvalue weighted by atomic mass is 9.99. The van der Waals surface area contributed by atoms with E-state index in [2.05, 4.69) is 0 Å². The molecule has 1 fully saturated rings. The van der Waals surface area contributed by atoms with E-state index >= 15 is 0 Å². The maximum absolute atomic E-state index is 12.6. The van der Waals surface area contributed by atoms with Crippen LogP contribution in [0.5, 0.6) is 5.75 Å². The Bertz CT molecular complexity index is 539. The molecule has 0 aromatic heterocycles. The number of ketones is 1. The SMILES string of the molecule is COc1ccc(Cl)cc1C(=O)N1CCC(=O)C1(C)C. The highest BCUT2D eigenvalue weighted by molar-refractivity contribution is 6.31. The Morgan fingerprint density at radius 2 is 2.11 bits per heavy atom. The lowest BCUT2D eigenvalue weighted by Crippen LogP contribution is -2.46. The van der Waals surface area contributed by atoms with Gasteiger partial charge in [0.05, 0.1) is 18.2 Å². The van der Waals surface area contributed by atoms with E-state index < -0.39 is 5.54 Å². The third-order valence-electron chi connectivity index (χ3n) is 3.56. The van der Waals surface area contributed by atoms with Crippen LogP contribution in [0.15, 0.2) is 18.2 Å². The number of Topliss-reactive ketones (excluding diaryl/α,β-unsaturated/α-hetero) is 1. The highest BCUT2D eigenvalue weighted by Crippen LogP contribution is 2.30. The van der Waals surface area contributed by atoms with E-state index in [1.165, 1.54) is 7.11 Å². The summed E-state index contributed by atoms with van der Waals surface area (Å²) in [5.41, 5.74) is -0.387. The molecule has 0 saturated carbocycles. The summed E-state index contributed by atoms with van der Waals surface area (Å²) in [5.74, 6) is 0.307. The first-order chi connectivity index (χ1) is 8.87. The molecule has 102 valence electrons. The third kappa shape index (κ3) is 2.32. The summed E-state index contributed by atoms with van der Waals surface area (Å²) in [7, 11) is 1.50. The van der Waals surface area contributed by atoms with Gasteiger partial charge in [0, 0.05) is 18.0 Å². The number of rotatable bonds is 2. The molecule has 4 nitrogen and oxygen atoms in total. The molecular weight excluding hydrogens is 266 g/mol. The van der Waals surface area contributed by atoms with Crippen molar-refractivity contribution in [1.29, 1.82) is 0 Å². The maximum Gasteiger partial charge on any atom is 0.258 e. The molecule has 0 spiro atoms. The van der Waals surface area contributed by atoms with Crippen LogP contribution in [0, 0.1) is 0 Å². The normalized spacial score (nSPS) is 17.7. The van der Waals surface area contributed by atoms with Gasteiger partial charge >= 0.3 is 0 Å². The van der Waals surface area contributed by atoms with Gasteiger partial charge < -0.3 is 9.64 Å². The molecule has 1 saturated heterocycles. The number of ether oxygens (including phenoxy) is 1. The highest BCUT2D eigenvalue weighted by Gasteiger charge is 2.43. The smallest absolute Gasteiger partial charge is 0.258 e. The van der Waals surface area contributed by atoms with Crippen LogP contribution >= 0.6 is 11.6 Å². The van der Waals surface area contributed by atoms with Gasteiger partial charge in [-0.25, -0.2) is 0 Å². The van der Waals surface area contributed by atoms with Crippen LogP contribution in [0.2, 0.25) is 5.02 Å². The van der Waals surface area contributed by atoms with E-state index in [1.807, 2.05) is 0 Å². The summed E-state index contributed by atoms with van der Waals surface area (Å²) in [5, 5.41) is 0.465. The van der Waals surface area contributed by atoms with E-state index in [-0.39, 0.29) is 11.7 Å². The Morgan fingerprint density at radius 1 is 1.42 bits per heavy atom. The fourth-order valence-corrected chi connectivity index (χ4v) is 2.47. The lowest BCUT2D eigenvalue weighted by Gasteiger charge is -2.30. The van der Waals surface area contributed by atoms with Crippen molar-refractivity contribution in [3.8, 4) is 5.75 Å². The number of hydrogen-bond acceptors (Lipinski definition) is 3. The van der Waals surface area contributed by atoms with Crippen LogP contribution < -0.4 is 4.74 Å². The van der Waals surface area contributed by atoms with Gasteiger partial charge in [0.15, 0.2) is 5.78 Å². The molecular formula is C14H16ClNO3. The van der Waals surface area contributed by atoms with E-state index in [9.17, 15) is 9.59 Å². The predicted molar refractivity (Wildman–Crippen MR) is 72.7 cm³/mol. The number of likely N-dealkylation sites (tertiary alicyclic amines) is 1. The van der Waals surface area contributed by atoms with Crippen LogP contribution in [0.4, 0.5) is 0 Å². The van der Waals surface area contributed by atoms with Crippen molar-refractivity contribution >= 4 is 23.3 Å². The van der Waals surface area contributed by atoms with Gasteiger partial charge in [0.2, 0.25) is 0 Å². The molecule has 0 unspecified atom stereocenters. The molecule has 2 rings (SSSR count). The molecule has 5 heteroatoms. The topological polar surface area (TPSA) is 46.6 Å². The van der Waals surface area contributed by atoms with Gasteiger partial charge in [-0.3, -0.25) is 9.59 Å². The second-order valence-electron chi connectivity index (χ2n) is 5.03. The minimum Gasteiger partial charge on any atom is -0.496 e. The summed E-state index contributed by atoms with van der Waals surface area (Å²) in [6, 6.07) is 4.89. The molecule has 1 heterocycles. The maximum atomic E-state index is 12.6. The molecule has 1 aromatic carbocycles. The van der Waals surface area contributed by atoms with Crippen molar-refractivity contribution in [3.05, 3.63) is 28.8 Å². The average Bonchev–Trinajstić information content (AvgIpc) is 2.63. The number of benzene rings is 1. The fraction of sp³-hybridized carbons (Fsp3) is 0.429. The van der Waals surface area contributed by atoms with Gasteiger partial charge in [-0.1, -0.05) is 11.6 Å². The number of nitrogens with zero attached hydrogens (tertiary/aromatic N) is 1. The fourth-order valence-electron chi connectivity index (χ4n) is 2.30. The van der Waals surface area contributed by atoms with Crippen molar-refractivity contribution in [2.75, 3.05) is 13.7 Å². The van der Waals surface area contributed by atoms with Gasteiger partial charge in [-0.2, -0.15) is 0 Å². The quantitative estimate of drug-likeness (QED) is 0.837. The predicted octanol–water partition coefficient (Wildman–Crippen LogP) is 2.54. The van der Waals surface area contributed by atoms with Crippen LogP contribution in [0.25, 0.3) is 0 Å². The molecule has 0 radical (unpaired) electrons. The number of hydrogen-bond donors (Lipinski definition) is 0. The second-order valence-corrected chi connectivity index (χ2v) is 5.47. The number of carbonyl (C=O) groups is 2. The Kier molecular flexibility index (Phi) is 3.54. The zero-order valence-corrected chi connectivity index (χ0v) is 12.0. The Labute approximate surface area is 117 Å². The van der Waals surface area contributed by atoms with Crippen LogP contribution in [0.3, 0.4) is 0 Å². The molecule has 0 aliphatic carbocycles. The Hall–Kier alpha value is -1.55. The highest BCUT2D eigenvalue weighted by atomic mass is 35.5. The summed E-state index contributed by atoms with van der Waals surface area (Å²) in [6.07, 6.45) is 0.390. The van der Waals surface area contributed by atoms with Gasteiger partial charge in [-0.15, -0.1) is 0 Å². The third-order valence-corrected chi connectivity index (χ3v) is 3.79. The first-order valence-electron chi connectivity index (χ1n) is 6.06. The average molecular weight is 282 g/mol. The van der Waals surface area contributed by atoms with E-state index in [0.29, 0.717) is 29.3 Å². The van der Waals surface area contributed by atoms with Crippen molar-refractivity contribution in [2.45, 2.75) is 25.8 Å². The molecule has 1 aliphatic rings. The first-order valence-corrected chi connectivity index (χ1v) is 6.44. The second kappa shape index (κ2) is 4.85. The zero-order valence-electron chi connectivity index (χ0n) is 11.2. The van der Waals surface area contributed by atoms with Crippen LogP contribution in [-0.2, 0) is 4.79 Å². The van der Waals surface area contributed by atoms with Crippen molar-refractivity contribution in [3.63, 3.8) is 0 Å². The molecule has 1 amide bonds. The van der Waals surface area contributed by atoms with E-state index in [1.54, 1.807) is 36.9 Å². The lowest BCUT2D eigenvalue weighted by molar-refractivity contribution is -0.123. The number of methoxy groups -OCH3 is 1. The minimum absolute atomic E-state index is 0.0712. The monoisotopic (exact) mass is 281 g/mol. The largest absolute Gasteiger partial charge is 0.496 e. The van der Waals surface area contributed by atoms with Crippen molar-refractivity contribution in [2.24, 2.45) is 0 Å². The van der Waals surface area contributed by atoms with Crippen LogP contribution in [0.1, 0.15) is 30.6 Å². The van der Waals surface area contributed by atoms with Crippen molar-refractivity contribution < 1.29 is 14.3 Å². The Balaban J connectivity index is 2.40. The first kappa shape index (κ1) is 13.9. The molecule has 19 heavy (non-hydrogen) atoms. The van der Waals surface area contributed by atoms with E-state index in [4.69, 9.17) is 16.3 Å². The molecule has 0 bridgehead atoms.